The summed E-state index contributed by atoms with van der Waals surface area (Å²) in [6, 6.07) is 5.54. The fourth-order valence-corrected chi connectivity index (χ4v) is 3.79. The van der Waals surface area contributed by atoms with Crippen LogP contribution < -0.4 is 14.2 Å². The largest absolute Gasteiger partial charge is 0.490 e. The van der Waals surface area contributed by atoms with Gasteiger partial charge in [-0.15, -0.1) is 0 Å². The topological polar surface area (TPSA) is 30.9 Å². The molecular formula is C25H30F3NO3S. The molecule has 1 aliphatic carbocycles. The lowest BCUT2D eigenvalue weighted by Crippen LogP contribution is -2.25. The summed E-state index contributed by atoms with van der Waals surface area (Å²) in [6.07, 6.45) is 5.96. The molecule has 4 nitrogen and oxygen atoms in total. The second-order valence-electron chi connectivity index (χ2n) is 8.42. The molecule has 33 heavy (non-hydrogen) atoms. The molecule has 1 saturated carbocycles. The summed E-state index contributed by atoms with van der Waals surface area (Å²) in [6.45, 7) is 2.64. The van der Waals surface area contributed by atoms with Gasteiger partial charge in [-0.2, -0.15) is 8.78 Å². The van der Waals surface area contributed by atoms with E-state index in [-0.39, 0.29) is 40.2 Å². The molecule has 8 heteroatoms. The summed E-state index contributed by atoms with van der Waals surface area (Å²) in [5.74, 6) is -3.22. The molecule has 0 aromatic heterocycles. The zero-order valence-corrected chi connectivity index (χ0v) is 20.1. The van der Waals surface area contributed by atoms with Crippen molar-refractivity contribution >= 4 is 17.4 Å². The quantitative estimate of drug-likeness (QED) is 0.292. The molecule has 3 rings (SSSR count). The Hall–Kier alpha value is -2.48. The zero-order chi connectivity index (χ0) is 24.0. The average Bonchev–Trinajstić information content (AvgIpc) is 3.31. The molecule has 0 atom stereocenters. The van der Waals surface area contributed by atoms with Crippen molar-refractivity contribution in [1.29, 1.82) is 0 Å². The molecule has 2 aromatic carbocycles. The summed E-state index contributed by atoms with van der Waals surface area (Å²) in [5, 5.41) is -0.0245. The van der Waals surface area contributed by atoms with Crippen LogP contribution in [0.2, 0.25) is 0 Å². The lowest BCUT2D eigenvalue weighted by molar-refractivity contribution is 0.240. The van der Waals surface area contributed by atoms with E-state index in [4.69, 9.17) is 26.4 Å². The highest BCUT2D eigenvalue weighted by Gasteiger charge is 2.25. The molecule has 0 heterocycles. The molecule has 0 spiro atoms. The number of hydrogen-bond acceptors (Lipinski definition) is 4. The van der Waals surface area contributed by atoms with Crippen LogP contribution in [-0.4, -0.2) is 37.4 Å². The first-order chi connectivity index (χ1) is 15.8. The van der Waals surface area contributed by atoms with Crippen LogP contribution in [0.15, 0.2) is 24.3 Å². The molecule has 2 aromatic rings. The van der Waals surface area contributed by atoms with Gasteiger partial charge < -0.3 is 19.1 Å². The van der Waals surface area contributed by atoms with Crippen LogP contribution in [0.4, 0.5) is 13.2 Å². The van der Waals surface area contributed by atoms with Crippen LogP contribution in [0, 0.1) is 23.4 Å². The Balaban J connectivity index is 1.96. The number of rotatable bonds is 9. The van der Waals surface area contributed by atoms with Gasteiger partial charge in [0.1, 0.15) is 0 Å². The van der Waals surface area contributed by atoms with E-state index in [1.54, 1.807) is 14.1 Å². The predicted octanol–water partition coefficient (Wildman–Crippen LogP) is 6.74. The first-order valence-electron chi connectivity index (χ1n) is 11.3. The van der Waals surface area contributed by atoms with E-state index in [0.717, 1.165) is 38.5 Å². The SMILES string of the molecule is CCCCOc1ccc(-c2ccc(OCC3CCCC3)c(F)c2OC(=S)N(C)C)c(F)c1F. The molecule has 0 aliphatic heterocycles. The highest BCUT2D eigenvalue weighted by Crippen LogP contribution is 2.41. The second-order valence-corrected chi connectivity index (χ2v) is 8.77. The van der Waals surface area contributed by atoms with Gasteiger partial charge in [-0.05, 0) is 61.7 Å². The van der Waals surface area contributed by atoms with E-state index >= 15 is 8.78 Å². The van der Waals surface area contributed by atoms with Gasteiger partial charge in [-0.1, -0.05) is 26.2 Å². The third-order valence-corrected chi connectivity index (χ3v) is 6.11. The number of thiocarbonyl (C=S) groups is 1. The average molecular weight is 482 g/mol. The molecule has 1 aliphatic rings. The summed E-state index contributed by atoms with van der Waals surface area (Å²) < 4.78 is 61.8. The van der Waals surface area contributed by atoms with Crippen molar-refractivity contribution in [3.05, 3.63) is 41.7 Å². The van der Waals surface area contributed by atoms with Gasteiger partial charge in [-0.25, -0.2) is 4.39 Å². The lowest BCUT2D eigenvalue weighted by Gasteiger charge is -2.20. The normalized spacial score (nSPS) is 13.8. The Labute approximate surface area is 198 Å². The molecule has 0 amide bonds. The minimum absolute atomic E-state index is 0.0115. The van der Waals surface area contributed by atoms with E-state index in [9.17, 15) is 4.39 Å². The Kier molecular flexibility index (Phi) is 8.83. The third-order valence-electron chi connectivity index (χ3n) is 5.66. The Bertz CT molecular complexity index is 978. The van der Waals surface area contributed by atoms with Gasteiger partial charge in [0.2, 0.25) is 11.6 Å². The number of hydrogen-bond donors (Lipinski definition) is 0. The number of nitrogens with zero attached hydrogens (tertiary/aromatic N) is 1. The number of benzene rings is 2. The van der Waals surface area contributed by atoms with E-state index in [2.05, 4.69) is 0 Å². The molecule has 0 bridgehead atoms. The third kappa shape index (κ3) is 6.10. The molecule has 1 fully saturated rings. The van der Waals surface area contributed by atoms with Crippen molar-refractivity contribution in [2.24, 2.45) is 5.92 Å². The minimum Gasteiger partial charge on any atom is -0.490 e. The molecule has 180 valence electrons. The van der Waals surface area contributed by atoms with Crippen molar-refractivity contribution in [2.75, 3.05) is 27.3 Å². The van der Waals surface area contributed by atoms with Gasteiger partial charge in [0.25, 0.3) is 5.17 Å². The van der Waals surface area contributed by atoms with Crippen LogP contribution >= 0.6 is 12.2 Å². The van der Waals surface area contributed by atoms with E-state index < -0.39 is 17.5 Å². The van der Waals surface area contributed by atoms with Gasteiger partial charge >= 0.3 is 0 Å². The van der Waals surface area contributed by atoms with Gasteiger partial charge in [0, 0.05) is 25.2 Å². The van der Waals surface area contributed by atoms with Crippen molar-refractivity contribution in [1.82, 2.24) is 4.90 Å². The Morgan fingerprint density at radius 1 is 0.939 bits per heavy atom. The molecule has 0 radical (unpaired) electrons. The monoisotopic (exact) mass is 481 g/mol. The molecule has 0 N–H and O–H groups in total. The first-order valence-corrected chi connectivity index (χ1v) is 11.7. The highest BCUT2D eigenvalue weighted by molar-refractivity contribution is 7.80. The van der Waals surface area contributed by atoms with Crippen LogP contribution in [0.3, 0.4) is 0 Å². The standard InChI is InChI=1S/C25H30F3NO3S/c1-4-5-14-30-19-12-10-17(21(26)22(19)27)18-11-13-20(31-15-16-8-6-7-9-16)23(28)24(18)32-25(33)29(2)3/h10-13,16H,4-9,14-15H2,1-3H3. The van der Waals surface area contributed by atoms with Crippen LogP contribution in [0.1, 0.15) is 45.4 Å². The summed E-state index contributed by atoms with van der Waals surface area (Å²) >= 11 is 5.17. The van der Waals surface area contributed by atoms with E-state index in [1.807, 2.05) is 6.92 Å². The van der Waals surface area contributed by atoms with Crippen LogP contribution in [0.5, 0.6) is 17.2 Å². The maximum atomic E-state index is 15.5. The molecule has 0 saturated heterocycles. The zero-order valence-electron chi connectivity index (χ0n) is 19.3. The van der Waals surface area contributed by atoms with Gasteiger partial charge in [-0.3, -0.25) is 0 Å². The molecule has 0 unspecified atom stereocenters. The number of halogens is 3. The van der Waals surface area contributed by atoms with E-state index in [1.165, 1.54) is 29.2 Å². The van der Waals surface area contributed by atoms with Crippen molar-refractivity contribution in [3.8, 4) is 28.4 Å². The molecular weight excluding hydrogens is 451 g/mol. The fraction of sp³-hybridized carbons (Fsp3) is 0.480. The minimum atomic E-state index is -1.15. The predicted molar refractivity (Wildman–Crippen MR) is 127 cm³/mol. The van der Waals surface area contributed by atoms with E-state index in [0.29, 0.717) is 12.5 Å². The smallest absolute Gasteiger partial charge is 0.264 e. The van der Waals surface area contributed by atoms with Gasteiger partial charge in [0.05, 0.1) is 13.2 Å². The maximum absolute atomic E-state index is 15.5. The number of unbranched alkanes of at least 4 members (excludes halogenated alkanes) is 1. The lowest BCUT2D eigenvalue weighted by atomic mass is 10.0. The Morgan fingerprint density at radius 3 is 2.21 bits per heavy atom. The van der Waals surface area contributed by atoms with Gasteiger partial charge in [0.15, 0.2) is 23.1 Å². The summed E-state index contributed by atoms with van der Waals surface area (Å²) in [5.41, 5.74) is -0.130. The van der Waals surface area contributed by atoms with Crippen molar-refractivity contribution < 1.29 is 27.4 Å². The highest BCUT2D eigenvalue weighted by atomic mass is 32.1. The maximum Gasteiger partial charge on any atom is 0.264 e. The van der Waals surface area contributed by atoms with Crippen molar-refractivity contribution in [3.63, 3.8) is 0 Å². The fourth-order valence-electron chi connectivity index (χ4n) is 3.70. The summed E-state index contributed by atoms with van der Waals surface area (Å²) in [7, 11) is 3.28. The van der Waals surface area contributed by atoms with Crippen LogP contribution in [0.25, 0.3) is 11.1 Å². The number of ether oxygens (including phenoxy) is 3. The van der Waals surface area contributed by atoms with Crippen LogP contribution in [-0.2, 0) is 0 Å². The first kappa shape index (κ1) is 25.1. The Morgan fingerprint density at radius 2 is 1.58 bits per heavy atom. The summed E-state index contributed by atoms with van der Waals surface area (Å²) in [4.78, 5) is 1.48. The van der Waals surface area contributed by atoms with Crippen molar-refractivity contribution in [2.45, 2.75) is 45.4 Å². The second kappa shape index (κ2) is 11.6.